The van der Waals surface area contributed by atoms with Gasteiger partial charge in [-0.2, -0.15) is 0 Å². The molecular weight excluding hydrogens is 260 g/mol. The van der Waals surface area contributed by atoms with Crippen LogP contribution in [0, 0.1) is 0 Å². The van der Waals surface area contributed by atoms with E-state index >= 15 is 0 Å². The fourth-order valence-corrected chi connectivity index (χ4v) is 3.15. The topological polar surface area (TPSA) is 49.4 Å². The molecular formula is C14H20N2O2S. The van der Waals surface area contributed by atoms with Crippen LogP contribution in [0.4, 0.5) is 0 Å². The number of carbonyl (C=O) groups is 2. The average Bonchev–Trinajstić information content (AvgIpc) is 2.98. The molecule has 1 atom stereocenters. The molecule has 1 saturated heterocycles. The van der Waals surface area contributed by atoms with Crippen LogP contribution in [0.15, 0.2) is 17.5 Å². The smallest absolute Gasteiger partial charge is 0.261 e. The zero-order valence-electron chi connectivity index (χ0n) is 11.2. The summed E-state index contributed by atoms with van der Waals surface area (Å²) in [6, 6.07) is 3.94. The summed E-state index contributed by atoms with van der Waals surface area (Å²) in [4.78, 5) is 26.5. The molecule has 1 fully saturated rings. The molecule has 0 saturated carbocycles. The number of carbonyl (C=O) groups excluding carboxylic acids is 2. The Labute approximate surface area is 117 Å². The van der Waals surface area contributed by atoms with Crippen LogP contribution in [0.3, 0.4) is 0 Å². The summed E-state index contributed by atoms with van der Waals surface area (Å²) in [5, 5.41) is 4.56. The molecule has 1 aromatic rings. The molecule has 2 amide bonds. The minimum Gasteiger partial charge on any atom is -0.342 e. The van der Waals surface area contributed by atoms with Gasteiger partial charge in [0.15, 0.2) is 0 Å². The lowest BCUT2D eigenvalue weighted by molar-refractivity contribution is -0.133. The number of nitrogens with zero attached hydrogens (tertiary/aromatic N) is 1. The second kappa shape index (κ2) is 6.70. The van der Waals surface area contributed by atoms with Gasteiger partial charge in [0.05, 0.1) is 11.4 Å². The molecule has 1 aromatic heterocycles. The predicted molar refractivity (Wildman–Crippen MR) is 76.3 cm³/mol. The Kier molecular flexibility index (Phi) is 4.96. The largest absolute Gasteiger partial charge is 0.342 e. The molecule has 1 aliphatic rings. The first-order chi connectivity index (χ1) is 9.22. The minimum absolute atomic E-state index is 0.0384. The van der Waals surface area contributed by atoms with Crippen LogP contribution in [0.2, 0.25) is 0 Å². The maximum absolute atomic E-state index is 12.2. The van der Waals surface area contributed by atoms with E-state index in [4.69, 9.17) is 0 Å². The Morgan fingerprint density at radius 3 is 3.00 bits per heavy atom. The van der Waals surface area contributed by atoms with Crippen LogP contribution < -0.4 is 5.32 Å². The highest BCUT2D eigenvalue weighted by Crippen LogP contribution is 2.19. The fourth-order valence-electron chi connectivity index (χ4n) is 2.51. The van der Waals surface area contributed by atoms with Crippen molar-refractivity contribution in [2.75, 3.05) is 13.1 Å². The number of hydrogen-bond acceptors (Lipinski definition) is 3. The minimum atomic E-state index is -0.159. The van der Waals surface area contributed by atoms with Crippen LogP contribution in [-0.2, 0) is 4.79 Å². The van der Waals surface area contributed by atoms with Crippen molar-refractivity contribution in [2.45, 2.75) is 38.6 Å². The molecule has 0 bridgehead atoms. The third kappa shape index (κ3) is 3.56. The van der Waals surface area contributed by atoms with E-state index in [0.717, 1.165) is 25.8 Å². The number of rotatable bonds is 4. The second-order valence-corrected chi connectivity index (χ2v) is 5.75. The normalized spacial score (nSPS) is 19.2. The number of piperidine rings is 1. The molecule has 2 heterocycles. The average molecular weight is 280 g/mol. The highest BCUT2D eigenvalue weighted by molar-refractivity contribution is 7.12. The van der Waals surface area contributed by atoms with E-state index < -0.39 is 0 Å². The van der Waals surface area contributed by atoms with Gasteiger partial charge < -0.3 is 10.2 Å². The first kappa shape index (κ1) is 14.1. The standard InChI is InChI=1S/C14H20N2O2S/c1-2-11-6-3-4-8-16(11)13(17)10-15-14(18)12-7-5-9-19-12/h5,7,9,11H,2-4,6,8,10H2,1H3,(H,15,18). The second-order valence-electron chi connectivity index (χ2n) is 4.80. The zero-order chi connectivity index (χ0) is 13.7. The number of amides is 2. The zero-order valence-corrected chi connectivity index (χ0v) is 12.0. The van der Waals surface area contributed by atoms with Crippen molar-refractivity contribution in [1.29, 1.82) is 0 Å². The Bertz CT molecular complexity index is 431. The Morgan fingerprint density at radius 2 is 2.32 bits per heavy atom. The molecule has 5 heteroatoms. The van der Waals surface area contributed by atoms with Gasteiger partial charge in [0.1, 0.15) is 0 Å². The molecule has 104 valence electrons. The van der Waals surface area contributed by atoms with E-state index in [0.29, 0.717) is 10.9 Å². The number of thiophene rings is 1. The third-order valence-electron chi connectivity index (χ3n) is 3.56. The van der Waals surface area contributed by atoms with E-state index in [1.54, 1.807) is 6.07 Å². The molecule has 1 aliphatic heterocycles. The maximum atomic E-state index is 12.2. The number of hydrogen-bond donors (Lipinski definition) is 1. The number of nitrogens with one attached hydrogen (secondary N) is 1. The molecule has 0 radical (unpaired) electrons. The summed E-state index contributed by atoms with van der Waals surface area (Å²) in [5.74, 6) is -0.120. The van der Waals surface area contributed by atoms with Crippen molar-refractivity contribution in [2.24, 2.45) is 0 Å². The monoisotopic (exact) mass is 280 g/mol. The lowest BCUT2D eigenvalue weighted by atomic mass is 10.00. The van der Waals surface area contributed by atoms with Gasteiger partial charge >= 0.3 is 0 Å². The van der Waals surface area contributed by atoms with E-state index in [2.05, 4.69) is 12.2 Å². The Hall–Kier alpha value is -1.36. The van der Waals surface area contributed by atoms with Crippen molar-refractivity contribution >= 4 is 23.2 Å². The predicted octanol–water partition coefficient (Wildman–Crippen LogP) is 2.27. The van der Waals surface area contributed by atoms with E-state index in [-0.39, 0.29) is 18.4 Å². The van der Waals surface area contributed by atoms with Crippen LogP contribution in [0.1, 0.15) is 42.3 Å². The molecule has 1 unspecified atom stereocenters. The van der Waals surface area contributed by atoms with Crippen LogP contribution >= 0.6 is 11.3 Å². The van der Waals surface area contributed by atoms with Gasteiger partial charge in [-0.1, -0.05) is 13.0 Å². The van der Waals surface area contributed by atoms with Crippen molar-refractivity contribution in [3.8, 4) is 0 Å². The lowest BCUT2D eigenvalue weighted by Crippen LogP contribution is -2.47. The Morgan fingerprint density at radius 1 is 1.47 bits per heavy atom. The SMILES string of the molecule is CCC1CCCCN1C(=O)CNC(=O)c1cccs1. The molecule has 0 aromatic carbocycles. The molecule has 1 N–H and O–H groups in total. The van der Waals surface area contributed by atoms with Gasteiger partial charge in [0, 0.05) is 12.6 Å². The van der Waals surface area contributed by atoms with E-state index in [9.17, 15) is 9.59 Å². The highest BCUT2D eigenvalue weighted by atomic mass is 32.1. The molecule has 19 heavy (non-hydrogen) atoms. The molecule has 2 rings (SSSR count). The summed E-state index contributed by atoms with van der Waals surface area (Å²) in [5.41, 5.74) is 0. The van der Waals surface area contributed by atoms with E-state index in [1.165, 1.54) is 17.8 Å². The first-order valence-electron chi connectivity index (χ1n) is 6.83. The molecule has 4 nitrogen and oxygen atoms in total. The number of likely N-dealkylation sites (tertiary alicyclic amines) is 1. The highest BCUT2D eigenvalue weighted by Gasteiger charge is 2.25. The summed E-state index contributed by atoms with van der Waals surface area (Å²) in [6.45, 7) is 3.04. The third-order valence-corrected chi connectivity index (χ3v) is 4.43. The van der Waals surface area contributed by atoms with Crippen molar-refractivity contribution in [1.82, 2.24) is 10.2 Å². The van der Waals surface area contributed by atoms with Gasteiger partial charge in [-0.05, 0) is 37.1 Å². The summed E-state index contributed by atoms with van der Waals surface area (Å²) >= 11 is 1.39. The Balaban J connectivity index is 1.85. The summed E-state index contributed by atoms with van der Waals surface area (Å²) in [6.07, 6.45) is 4.34. The summed E-state index contributed by atoms with van der Waals surface area (Å²) < 4.78 is 0. The van der Waals surface area contributed by atoms with E-state index in [1.807, 2.05) is 16.3 Å². The van der Waals surface area contributed by atoms with Crippen LogP contribution in [-0.4, -0.2) is 35.8 Å². The first-order valence-corrected chi connectivity index (χ1v) is 7.71. The van der Waals surface area contributed by atoms with Gasteiger partial charge in [0.2, 0.25) is 5.91 Å². The summed E-state index contributed by atoms with van der Waals surface area (Å²) in [7, 11) is 0. The van der Waals surface area contributed by atoms with Gasteiger partial charge in [-0.25, -0.2) is 0 Å². The molecule has 0 spiro atoms. The fraction of sp³-hybridized carbons (Fsp3) is 0.571. The van der Waals surface area contributed by atoms with Gasteiger partial charge in [-0.15, -0.1) is 11.3 Å². The van der Waals surface area contributed by atoms with Crippen molar-refractivity contribution in [3.05, 3.63) is 22.4 Å². The van der Waals surface area contributed by atoms with Gasteiger partial charge in [0.25, 0.3) is 5.91 Å². The maximum Gasteiger partial charge on any atom is 0.261 e. The van der Waals surface area contributed by atoms with Crippen LogP contribution in [0.25, 0.3) is 0 Å². The van der Waals surface area contributed by atoms with Crippen LogP contribution in [0.5, 0.6) is 0 Å². The van der Waals surface area contributed by atoms with Gasteiger partial charge in [-0.3, -0.25) is 9.59 Å². The van der Waals surface area contributed by atoms with Crippen molar-refractivity contribution in [3.63, 3.8) is 0 Å². The quantitative estimate of drug-likeness (QED) is 0.919. The van der Waals surface area contributed by atoms with Crippen molar-refractivity contribution < 1.29 is 9.59 Å². The molecule has 0 aliphatic carbocycles. The lowest BCUT2D eigenvalue weighted by Gasteiger charge is -2.35.